The molecule has 7 heteroatoms. The number of hydrogen-bond acceptors (Lipinski definition) is 3. The predicted molar refractivity (Wildman–Crippen MR) is 102 cm³/mol. The highest BCUT2D eigenvalue weighted by Crippen LogP contribution is 2.27. The van der Waals surface area contributed by atoms with Gasteiger partial charge < -0.3 is 0 Å². The highest BCUT2D eigenvalue weighted by Gasteiger charge is 2.28. The Bertz CT molecular complexity index is 863. The first-order valence-electron chi connectivity index (χ1n) is 8.09. The van der Waals surface area contributed by atoms with Crippen molar-refractivity contribution in [2.24, 2.45) is 0 Å². The molecule has 4 nitrogen and oxygen atoms in total. The molecule has 0 amide bonds. The summed E-state index contributed by atoms with van der Waals surface area (Å²) in [5.41, 5.74) is 2.49. The van der Waals surface area contributed by atoms with Crippen molar-refractivity contribution in [1.82, 2.24) is 9.21 Å². The molecule has 0 atom stereocenters. The fraction of sp³-hybridized carbons (Fsp3) is 0.333. The molecule has 0 spiro atoms. The van der Waals surface area contributed by atoms with E-state index in [1.165, 1.54) is 33.6 Å². The van der Waals surface area contributed by atoms with E-state index in [-0.39, 0.29) is 9.92 Å². The molecule has 1 fully saturated rings. The van der Waals surface area contributed by atoms with E-state index in [1.54, 1.807) is 0 Å². The molecule has 0 N–H and O–H groups in total. The maximum atomic E-state index is 12.8. The number of nitrogens with zero attached hydrogens (tertiary/aromatic N) is 2. The zero-order chi connectivity index (χ0) is 18.0. The fourth-order valence-corrected chi connectivity index (χ4v) is 4.79. The van der Waals surface area contributed by atoms with Crippen molar-refractivity contribution in [2.45, 2.75) is 18.4 Å². The zero-order valence-corrected chi connectivity index (χ0v) is 16.3. The lowest BCUT2D eigenvalue weighted by Crippen LogP contribution is -2.48. The lowest BCUT2D eigenvalue weighted by molar-refractivity contribution is 0.181. The lowest BCUT2D eigenvalue weighted by atomic mass is 10.1. The molecule has 134 valence electrons. The van der Waals surface area contributed by atoms with Gasteiger partial charge in [0.1, 0.15) is 0 Å². The van der Waals surface area contributed by atoms with E-state index in [0.717, 1.165) is 6.54 Å². The van der Waals surface area contributed by atoms with E-state index < -0.39 is 10.0 Å². The van der Waals surface area contributed by atoms with Crippen molar-refractivity contribution < 1.29 is 8.42 Å². The normalized spacial score (nSPS) is 16.9. The van der Waals surface area contributed by atoms with Gasteiger partial charge in [0, 0.05) is 32.7 Å². The second kappa shape index (κ2) is 7.64. The van der Waals surface area contributed by atoms with Crippen LogP contribution < -0.4 is 0 Å². The van der Waals surface area contributed by atoms with Crippen LogP contribution in [0.2, 0.25) is 10.0 Å². The SMILES string of the molecule is Cc1cccc(CN2CCN(S(=O)(=O)c3ccc(Cl)c(Cl)c3)CC2)c1. The molecular weight excluding hydrogens is 379 g/mol. The first kappa shape index (κ1) is 18.7. The summed E-state index contributed by atoms with van der Waals surface area (Å²) in [4.78, 5) is 2.46. The Morgan fingerprint density at radius 3 is 2.32 bits per heavy atom. The fourth-order valence-electron chi connectivity index (χ4n) is 2.98. The van der Waals surface area contributed by atoms with Gasteiger partial charge in [-0.2, -0.15) is 4.31 Å². The highest BCUT2D eigenvalue weighted by molar-refractivity contribution is 7.89. The summed E-state index contributed by atoms with van der Waals surface area (Å²) in [6.45, 7) is 5.25. The lowest BCUT2D eigenvalue weighted by Gasteiger charge is -2.34. The van der Waals surface area contributed by atoms with E-state index in [1.807, 2.05) is 0 Å². The minimum absolute atomic E-state index is 0.189. The number of hydrogen-bond donors (Lipinski definition) is 0. The summed E-state index contributed by atoms with van der Waals surface area (Å²) in [5.74, 6) is 0. The summed E-state index contributed by atoms with van der Waals surface area (Å²) in [5, 5.41) is 0.601. The Morgan fingerprint density at radius 1 is 0.960 bits per heavy atom. The molecule has 1 heterocycles. The van der Waals surface area contributed by atoms with Crippen LogP contribution in [0.3, 0.4) is 0 Å². The van der Waals surface area contributed by atoms with Crippen LogP contribution in [-0.2, 0) is 16.6 Å². The van der Waals surface area contributed by atoms with Crippen LogP contribution in [0.5, 0.6) is 0 Å². The molecule has 0 aromatic heterocycles. The largest absolute Gasteiger partial charge is 0.296 e. The van der Waals surface area contributed by atoms with Gasteiger partial charge in [-0.25, -0.2) is 8.42 Å². The average Bonchev–Trinajstić information content (AvgIpc) is 2.58. The van der Waals surface area contributed by atoms with E-state index >= 15 is 0 Å². The maximum absolute atomic E-state index is 12.8. The van der Waals surface area contributed by atoms with Crippen LogP contribution in [0.15, 0.2) is 47.4 Å². The van der Waals surface area contributed by atoms with Crippen molar-refractivity contribution in [3.8, 4) is 0 Å². The Balaban J connectivity index is 1.66. The van der Waals surface area contributed by atoms with Crippen LogP contribution in [0.4, 0.5) is 0 Å². The molecule has 25 heavy (non-hydrogen) atoms. The number of sulfonamides is 1. The molecule has 2 aromatic rings. The van der Waals surface area contributed by atoms with Crippen LogP contribution in [0, 0.1) is 6.92 Å². The first-order chi connectivity index (χ1) is 11.9. The monoisotopic (exact) mass is 398 g/mol. The summed E-state index contributed by atoms with van der Waals surface area (Å²) >= 11 is 11.8. The molecule has 0 radical (unpaired) electrons. The maximum Gasteiger partial charge on any atom is 0.243 e. The Morgan fingerprint density at radius 2 is 1.68 bits per heavy atom. The number of benzene rings is 2. The third kappa shape index (κ3) is 4.36. The molecule has 0 bridgehead atoms. The Labute approximate surface area is 159 Å². The van der Waals surface area contributed by atoms with Gasteiger partial charge in [-0.3, -0.25) is 4.90 Å². The van der Waals surface area contributed by atoms with Gasteiger partial charge in [0.05, 0.1) is 14.9 Å². The second-order valence-corrected chi connectivity index (χ2v) is 9.00. The van der Waals surface area contributed by atoms with Crippen molar-refractivity contribution >= 4 is 33.2 Å². The van der Waals surface area contributed by atoms with Crippen LogP contribution in [0.25, 0.3) is 0 Å². The number of aryl methyl sites for hydroxylation is 1. The van der Waals surface area contributed by atoms with Crippen molar-refractivity contribution in [2.75, 3.05) is 26.2 Å². The van der Waals surface area contributed by atoms with Gasteiger partial charge in [-0.15, -0.1) is 0 Å². The quantitative estimate of drug-likeness (QED) is 0.785. The molecule has 1 saturated heterocycles. The van der Waals surface area contributed by atoms with Crippen LogP contribution in [-0.4, -0.2) is 43.8 Å². The van der Waals surface area contributed by atoms with Gasteiger partial charge >= 0.3 is 0 Å². The molecule has 1 aliphatic rings. The summed E-state index contributed by atoms with van der Waals surface area (Å²) in [6, 6.07) is 12.8. The van der Waals surface area contributed by atoms with E-state index in [2.05, 4.69) is 36.1 Å². The van der Waals surface area contributed by atoms with Gasteiger partial charge in [-0.1, -0.05) is 53.0 Å². The highest BCUT2D eigenvalue weighted by atomic mass is 35.5. The average molecular weight is 399 g/mol. The Kier molecular flexibility index (Phi) is 5.71. The van der Waals surface area contributed by atoms with Gasteiger partial charge in [0.2, 0.25) is 10.0 Å². The first-order valence-corrected chi connectivity index (χ1v) is 10.3. The minimum Gasteiger partial charge on any atom is -0.296 e. The predicted octanol–water partition coefficient (Wildman–Crippen LogP) is 3.81. The molecule has 3 rings (SSSR count). The third-order valence-corrected chi connectivity index (χ3v) is 6.98. The standard InChI is InChI=1S/C18H20Cl2N2O2S/c1-14-3-2-4-15(11-14)13-21-7-9-22(10-8-21)25(23,24)16-5-6-17(19)18(20)12-16/h2-6,11-12H,7-10,13H2,1H3. The van der Waals surface area contributed by atoms with Gasteiger partial charge in [0.15, 0.2) is 0 Å². The molecule has 0 aliphatic carbocycles. The number of piperazine rings is 1. The smallest absolute Gasteiger partial charge is 0.243 e. The molecule has 1 aliphatic heterocycles. The summed E-state index contributed by atoms with van der Waals surface area (Å²) in [7, 11) is -3.54. The second-order valence-electron chi connectivity index (χ2n) is 6.25. The summed E-state index contributed by atoms with van der Waals surface area (Å²) in [6.07, 6.45) is 0. The minimum atomic E-state index is -3.54. The third-order valence-electron chi connectivity index (χ3n) is 4.35. The molecule has 0 saturated carbocycles. The summed E-state index contributed by atoms with van der Waals surface area (Å²) < 4.78 is 27.0. The molecular formula is C18H20Cl2N2O2S. The Hall–Kier alpha value is -1.11. The van der Waals surface area contributed by atoms with Crippen molar-refractivity contribution in [3.05, 3.63) is 63.6 Å². The number of halogens is 2. The van der Waals surface area contributed by atoms with Crippen LogP contribution >= 0.6 is 23.2 Å². The van der Waals surface area contributed by atoms with Crippen molar-refractivity contribution in [1.29, 1.82) is 0 Å². The number of rotatable bonds is 4. The van der Waals surface area contributed by atoms with E-state index in [9.17, 15) is 8.42 Å². The molecule has 2 aromatic carbocycles. The van der Waals surface area contributed by atoms with E-state index in [4.69, 9.17) is 23.2 Å². The van der Waals surface area contributed by atoms with Crippen LogP contribution in [0.1, 0.15) is 11.1 Å². The van der Waals surface area contributed by atoms with Gasteiger partial charge in [0.25, 0.3) is 0 Å². The van der Waals surface area contributed by atoms with Crippen molar-refractivity contribution in [3.63, 3.8) is 0 Å². The van der Waals surface area contributed by atoms with E-state index in [0.29, 0.717) is 31.2 Å². The molecule has 0 unspecified atom stereocenters. The zero-order valence-electron chi connectivity index (χ0n) is 14.0. The topological polar surface area (TPSA) is 40.6 Å². The van der Waals surface area contributed by atoms with Gasteiger partial charge in [-0.05, 0) is 30.7 Å².